The lowest BCUT2D eigenvalue weighted by Gasteiger charge is -2.13. The van der Waals surface area contributed by atoms with E-state index >= 15 is 0 Å². The van der Waals surface area contributed by atoms with Gasteiger partial charge in [0.15, 0.2) is 0 Å². The lowest BCUT2D eigenvalue weighted by Crippen LogP contribution is -2.16. The first kappa shape index (κ1) is 13.5. The van der Waals surface area contributed by atoms with E-state index in [0.29, 0.717) is 0 Å². The van der Waals surface area contributed by atoms with E-state index in [9.17, 15) is 0 Å². The van der Waals surface area contributed by atoms with Gasteiger partial charge in [-0.2, -0.15) is 0 Å². The average Bonchev–Trinajstić information content (AvgIpc) is 2.38. The van der Waals surface area contributed by atoms with Crippen LogP contribution >= 0.6 is 0 Å². The lowest BCUT2D eigenvalue weighted by atomic mass is 9.97. The quantitative estimate of drug-likeness (QED) is 0.826. The van der Waals surface area contributed by atoms with Crippen LogP contribution in [0.5, 0.6) is 0 Å². The number of hydrogen-bond acceptors (Lipinski definition) is 4. The maximum absolute atomic E-state index is 4.29. The summed E-state index contributed by atoms with van der Waals surface area (Å²) in [4.78, 5) is 8.59. The minimum absolute atomic E-state index is 0.755. The van der Waals surface area contributed by atoms with Crippen molar-refractivity contribution in [3.05, 3.63) is 41.5 Å². The Hall–Kier alpha value is -1.94. The van der Waals surface area contributed by atoms with Crippen LogP contribution in [0.1, 0.15) is 17.0 Å². The molecule has 0 spiro atoms. The number of aromatic nitrogens is 2. The van der Waals surface area contributed by atoms with Crippen molar-refractivity contribution in [2.24, 2.45) is 0 Å². The van der Waals surface area contributed by atoms with Crippen LogP contribution in [0, 0.1) is 20.8 Å². The molecule has 1 heterocycles. The predicted molar refractivity (Wildman–Crippen MR) is 79.2 cm³/mol. The van der Waals surface area contributed by atoms with Crippen molar-refractivity contribution in [1.82, 2.24) is 15.3 Å². The largest absolute Gasteiger partial charge is 0.372 e. The van der Waals surface area contributed by atoms with Crippen LogP contribution < -0.4 is 10.6 Å². The normalized spacial score (nSPS) is 10.5. The molecule has 19 heavy (non-hydrogen) atoms. The summed E-state index contributed by atoms with van der Waals surface area (Å²) < 4.78 is 0. The number of rotatable bonds is 4. The monoisotopic (exact) mass is 256 g/mol. The van der Waals surface area contributed by atoms with Gasteiger partial charge >= 0.3 is 0 Å². The summed E-state index contributed by atoms with van der Waals surface area (Å²) in [5, 5.41) is 6.37. The molecule has 0 fully saturated rings. The number of nitrogens with one attached hydrogen (secondary N) is 2. The van der Waals surface area contributed by atoms with Crippen molar-refractivity contribution in [3.8, 4) is 11.1 Å². The molecule has 0 saturated heterocycles. The molecule has 0 unspecified atom stereocenters. The molecule has 0 radical (unpaired) electrons. The maximum Gasteiger partial charge on any atom is 0.115 e. The number of benzene rings is 1. The van der Waals surface area contributed by atoms with Gasteiger partial charge in [-0.05, 0) is 51.1 Å². The number of aryl methyl sites for hydroxylation is 3. The Morgan fingerprint density at radius 1 is 1.05 bits per heavy atom. The molecule has 0 aliphatic carbocycles. The highest BCUT2D eigenvalue weighted by Crippen LogP contribution is 2.29. The first-order valence-corrected chi connectivity index (χ1v) is 6.41. The summed E-state index contributed by atoms with van der Waals surface area (Å²) in [6.07, 6.45) is 1.62. The smallest absolute Gasteiger partial charge is 0.115 e. The number of hydrogen-bond donors (Lipinski definition) is 2. The second-order valence-corrected chi connectivity index (χ2v) is 4.66. The Balaban J connectivity index is 2.41. The van der Waals surface area contributed by atoms with Gasteiger partial charge in [0.1, 0.15) is 6.33 Å². The topological polar surface area (TPSA) is 49.8 Å². The van der Waals surface area contributed by atoms with Crippen LogP contribution in [-0.4, -0.2) is 23.7 Å². The van der Waals surface area contributed by atoms with E-state index in [-0.39, 0.29) is 0 Å². The van der Waals surface area contributed by atoms with Gasteiger partial charge in [0.25, 0.3) is 0 Å². The Bertz CT molecular complexity index is 558. The van der Waals surface area contributed by atoms with Gasteiger partial charge in [-0.25, -0.2) is 9.97 Å². The van der Waals surface area contributed by atoms with Crippen LogP contribution in [0.15, 0.2) is 24.5 Å². The Labute approximate surface area is 114 Å². The van der Waals surface area contributed by atoms with Crippen LogP contribution in [0.3, 0.4) is 0 Å². The van der Waals surface area contributed by atoms with Crippen molar-refractivity contribution < 1.29 is 0 Å². The molecule has 2 N–H and O–H groups in total. The minimum Gasteiger partial charge on any atom is -0.372 e. The highest BCUT2D eigenvalue weighted by atomic mass is 15.0. The van der Waals surface area contributed by atoms with Crippen molar-refractivity contribution in [2.45, 2.75) is 20.8 Å². The van der Waals surface area contributed by atoms with Crippen LogP contribution in [-0.2, 0) is 0 Å². The summed E-state index contributed by atoms with van der Waals surface area (Å²) in [5.74, 6) is 0. The molecule has 0 aliphatic heterocycles. The molecule has 0 atom stereocenters. The predicted octanol–water partition coefficient (Wildman–Crippen LogP) is 2.66. The lowest BCUT2D eigenvalue weighted by molar-refractivity contribution is 0.874. The molecule has 0 amide bonds. The third-order valence-electron chi connectivity index (χ3n) is 3.19. The van der Waals surface area contributed by atoms with E-state index in [4.69, 9.17) is 0 Å². The number of nitrogens with zero attached hydrogens (tertiary/aromatic N) is 2. The van der Waals surface area contributed by atoms with Crippen molar-refractivity contribution >= 4 is 5.69 Å². The van der Waals surface area contributed by atoms with E-state index in [1.807, 2.05) is 20.9 Å². The zero-order valence-corrected chi connectivity index (χ0v) is 11.9. The Morgan fingerprint density at radius 2 is 1.74 bits per heavy atom. The van der Waals surface area contributed by atoms with Crippen molar-refractivity contribution in [1.29, 1.82) is 0 Å². The first-order valence-electron chi connectivity index (χ1n) is 6.41. The van der Waals surface area contributed by atoms with Gasteiger partial charge in [-0.1, -0.05) is 6.07 Å². The molecular formula is C15H20N4. The third-order valence-corrected chi connectivity index (χ3v) is 3.19. The summed E-state index contributed by atoms with van der Waals surface area (Å²) in [6.45, 7) is 6.92. The maximum atomic E-state index is 4.29. The molecule has 4 heteroatoms. The van der Waals surface area contributed by atoms with Crippen molar-refractivity contribution in [2.75, 3.05) is 19.0 Å². The summed E-state index contributed by atoms with van der Waals surface area (Å²) >= 11 is 0. The van der Waals surface area contributed by atoms with Crippen LogP contribution in [0.2, 0.25) is 0 Å². The molecule has 4 nitrogen and oxygen atoms in total. The molecule has 1 aromatic heterocycles. The van der Waals surface area contributed by atoms with E-state index in [2.05, 4.69) is 45.7 Å². The molecule has 0 aliphatic rings. The average molecular weight is 256 g/mol. The van der Waals surface area contributed by atoms with Crippen LogP contribution in [0.4, 0.5) is 5.69 Å². The Morgan fingerprint density at radius 3 is 2.32 bits per heavy atom. The molecular weight excluding hydrogens is 236 g/mol. The van der Waals surface area contributed by atoms with Gasteiger partial charge in [-0.15, -0.1) is 0 Å². The van der Waals surface area contributed by atoms with Gasteiger partial charge < -0.3 is 10.6 Å². The van der Waals surface area contributed by atoms with E-state index in [0.717, 1.165) is 29.3 Å². The zero-order valence-electron chi connectivity index (χ0n) is 11.9. The van der Waals surface area contributed by atoms with Gasteiger partial charge in [0.2, 0.25) is 0 Å². The zero-order chi connectivity index (χ0) is 13.8. The second kappa shape index (κ2) is 5.80. The third kappa shape index (κ3) is 2.90. The summed E-state index contributed by atoms with van der Waals surface area (Å²) in [7, 11) is 1.92. The Kier molecular flexibility index (Phi) is 4.12. The highest BCUT2D eigenvalue weighted by Gasteiger charge is 2.10. The molecule has 2 aromatic rings. The van der Waals surface area contributed by atoms with Gasteiger partial charge in [0, 0.05) is 22.6 Å². The standard InChI is InChI=1S/C15H20N4/c1-10-7-13(19-8-16-4)5-6-14(10)15-11(2)17-9-18-12(15)3/h5-7,9,16,19H,8H2,1-4H3. The van der Waals surface area contributed by atoms with Gasteiger partial charge in [0.05, 0.1) is 6.67 Å². The molecule has 1 aromatic carbocycles. The molecule has 0 saturated carbocycles. The fourth-order valence-corrected chi connectivity index (χ4v) is 2.23. The second-order valence-electron chi connectivity index (χ2n) is 4.66. The van der Waals surface area contributed by atoms with E-state index < -0.39 is 0 Å². The fourth-order valence-electron chi connectivity index (χ4n) is 2.23. The molecule has 100 valence electrons. The molecule has 0 bridgehead atoms. The minimum atomic E-state index is 0.755. The van der Waals surface area contributed by atoms with Crippen LogP contribution in [0.25, 0.3) is 11.1 Å². The summed E-state index contributed by atoms with van der Waals surface area (Å²) in [5.41, 5.74) is 6.72. The van der Waals surface area contributed by atoms with Gasteiger partial charge in [-0.3, -0.25) is 0 Å². The van der Waals surface area contributed by atoms with Crippen molar-refractivity contribution in [3.63, 3.8) is 0 Å². The first-order chi connectivity index (χ1) is 9.13. The highest BCUT2D eigenvalue weighted by molar-refractivity contribution is 5.73. The van der Waals surface area contributed by atoms with E-state index in [1.165, 1.54) is 11.1 Å². The fraction of sp³-hybridized carbons (Fsp3) is 0.333. The molecule has 2 rings (SSSR count). The SMILES string of the molecule is CNCNc1ccc(-c2c(C)ncnc2C)c(C)c1. The number of anilines is 1. The van der Waals surface area contributed by atoms with E-state index in [1.54, 1.807) is 6.33 Å². The summed E-state index contributed by atoms with van der Waals surface area (Å²) in [6, 6.07) is 6.37.